The standard InChI is InChI=1S/C18H17F3O3/c1-2-3-13-4-8-15(9-5-13)17(22)24-16-10-6-14(7-11-16)12-23-18(19,20)21/h4-11H,2-3,12H2,1H3. The number of carbonyl (C=O) groups excluding carboxylic acids is 1. The number of hydrogen-bond donors (Lipinski definition) is 0. The number of aryl methyl sites for hydroxylation is 1. The van der Waals surface area contributed by atoms with Gasteiger partial charge in [0, 0.05) is 0 Å². The number of benzene rings is 2. The molecule has 2 rings (SSSR count). The maximum Gasteiger partial charge on any atom is 0.522 e. The summed E-state index contributed by atoms with van der Waals surface area (Å²) >= 11 is 0. The van der Waals surface area contributed by atoms with Crippen molar-refractivity contribution in [1.29, 1.82) is 0 Å². The van der Waals surface area contributed by atoms with Crippen LogP contribution in [0.15, 0.2) is 48.5 Å². The number of rotatable bonds is 6. The number of hydrogen-bond acceptors (Lipinski definition) is 3. The van der Waals surface area contributed by atoms with Crippen molar-refractivity contribution in [2.75, 3.05) is 0 Å². The van der Waals surface area contributed by atoms with Gasteiger partial charge in [0.25, 0.3) is 0 Å². The first-order chi connectivity index (χ1) is 11.4. The molecule has 0 fully saturated rings. The van der Waals surface area contributed by atoms with E-state index in [4.69, 9.17) is 4.74 Å². The number of ether oxygens (including phenoxy) is 2. The summed E-state index contributed by atoms with van der Waals surface area (Å²) < 4.78 is 44.8. The molecule has 24 heavy (non-hydrogen) atoms. The molecule has 0 aliphatic rings. The van der Waals surface area contributed by atoms with Gasteiger partial charge in [-0.3, -0.25) is 4.74 Å². The quantitative estimate of drug-likeness (QED) is 0.555. The molecule has 0 aliphatic carbocycles. The third kappa shape index (κ3) is 5.70. The Labute approximate surface area is 138 Å². The first kappa shape index (κ1) is 18.0. The highest BCUT2D eigenvalue weighted by Gasteiger charge is 2.28. The van der Waals surface area contributed by atoms with E-state index in [1.165, 1.54) is 24.3 Å². The molecule has 0 atom stereocenters. The largest absolute Gasteiger partial charge is 0.522 e. The van der Waals surface area contributed by atoms with Gasteiger partial charge in [0.2, 0.25) is 0 Å². The summed E-state index contributed by atoms with van der Waals surface area (Å²) in [6, 6.07) is 12.8. The van der Waals surface area contributed by atoms with Gasteiger partial charge in [0.05, 0.1) is 12.2 Å². The van der Waals surface area contributed by atoms with Gasteiger partial charge in [-0.05, 0) is 41.8 Å². The molecule has 0 aliphatic heterocycles. The smallest absolute Gasteiger partial charge is 0.423 e. The lowest BCUT2D eigenvalue weighted by Gasteiger charge is -2.08. The van der Waals surface area contributed by atoms with Crippen LogP contribution >= 0.6 is 0 Å². The van der Waals surface area contributed by atoms with Gasteiger partial charge >= 0.3 is 12.3 Å². The molecular weight excluding hydrogens is 321 g/mol. The highest BCUT2D eigenvalue weighted by Crippen LogP contribution is 2.20. The van der Waals surface area contributed by atoms with Crippen molar-refractivity contribution in [2.24, 2.45) is 0 Å². The summed E-state index contributed by atoms with van der Waals surface area (Å²) in [6.45, 7) is 1.49. The third-order valence-electron chi connectivity index (χ3n) is 3.26. The van der Waals surface area contributed by atoms with Crippen LogP contribution < -0.4 is 4.74 Å². The van der Waals surface area contributed by atoms with Gasteiger partial charge in [-0.2, -0.15) is 0 Å². The molecular formula is C18H17F3O3. The van der Waals surface area contributed by atoms with Crippen LogP contribution in [-0.2, 0) is 17.8 Å². The topological polar surface area (TPSA) is 35.5 Å². The fourth-order valence-electron chi connectivity index (χ4n) is 2.08. The number of esters is 1. The minimum Gasteiger partial charge on any atom is -0.423 e. The van der Waals surface area contributed by atoms with E-state index in [0.29, 0.717) is 11.1 Å². The van der Waals surface area contributed by atoms with E-state index in [-0.39, 0.29) is 5.75 Å². The van der Waals surface area contributed by atoms with Crippen molar-refractivity contribution < 1.29 is 27.4 Å². The molecule has 2 aromatic rings. The predicted octanol–water partition coefficient (Wildman–Crippen LogP) is 4.89. The fraction of sp³-hybridized carbons (Fsp3) is 0.278. The molecule has 6 heteroatoms. The highest BCUT2D eigenvalue weighted by molar-refractivity contribution is 5.91. The Balaban J connectivity index is 1.94. The van der Waals surface area contributed by atoms with Crippen LogP contribution in [0.4, 0.5) is 13.2 Å². The second-order valence-corrected chi connectivity index (χ2v) is 5.21. The Morgan fingerprint density at radius 3 is 2.08 bits per heavy atom. The van der Waals surface area contributed by atoms with E-state index in [9.17, 15) is 18.0 Å². The maximum atomic E-state index is 12.0. The summed E-state index contributed by atoms with van der Waals surface area (Å²) in [7, 11) is 0. The zero-order chi connectivity index (χ0) is 17.6. The van der Waals surface area contributed by atoms with Gasteiger partial charge in [0.15, 0.2) is 0 Å². The highest BCUT2D eigenvalue weighted by atomic mass is 19.4. The van der Waals surface area contributed by atoms with E-state index >= 15 is 0 Å². The first-order valence-electron chi connectivity index (χ1n) is 7.48. The zero-order valence-electron chi connectivity index (χ0n) is 13.1. The molecule has 0 saturated carbocycles. The molecule has 0 bridgehead atoms. The first-order valence-corrected chi connectivity index (χ1v) is 7.48. The monoisotopic (exact) mass is 338 g/mol. The van der Waals surface area contributed by atoms with E-state index < -0.39 is 18.9 Å². The molecule has 0 radical (unpaired) electrons. The molecule has 2 aromatic carbocycles. The summed E-state index contributed by atoms with van der Waals surface area (Å²) in [5.41, 5.74) is 1.89. The second kappa shape index (κ2) is 7.97. The van der Waals surface area contributed by atoms with Crippen molar-refractivity contribution in [3.05, 3.63) is 65.2 Å². The van der Waals surface area contributed by atoms with Crippen molar-refractivity contribution in [3.63, 3.8) is 0 Å². The Hall–Kier alpha value is -2.34. The summed E-state index contributed by atoms with van der Waals surface area (Å²) in [5.74, 6) is -0.259. The van der Waals surface area contributed by atoms with Crippen LogP contribution in [0.25, 0.3) is 0 Å². The van der Waals surface area contributed by atoms with E-state index in [2.05, 4.69) is 11.7 Å². The van der Waals surface area contributed by atoms with Crippen LogP contribution in [0.3, 0.4) is 0 Å². The molecule has 0 unspecified atom stereocenters. The van der Waals surface area contributed by atoms with Crippen LogP contribution in [0.5, 0.6) is 5.75 Å². The van der Waals surface area contributed by atoms with Gasteiger partial charge in [-0.1, -0.05) is 37.6 Å². The van der Waals surface area contributed by atoms with Crippen LogP contribution in [0, 0.1) is 0 Å². The average molecular weight is 338 g/mol. The normalized spacial score (nSPS) is 11.3. The van der Waals surface area contributed by atoms with E-state index in [1.807, 2.05) is 12.1 Å². The third-order valence-corrected chi connectivity index (χ3v) is 3.26. The van der Waals surface area contributed by atoms with Gasteiger partial charge in [-0.15, -0.1) is 13.2 Å². The maximum absolute atomic E-state index is 12.0. The van der Waals surface area contributed by atoms with Gasteiger partial charge in [0.1, 0.15) is 5.75 Å². The molecule has 0 N–H and O–H groups in total. The minimum absolute atomic E-state index is 0.258. The average Bonchev–Trinajstić information content (AvgIpc) is 2.54. The van der Waals surface area contributed by atoms with Crippen LogP contribution in [0.2, 0.25) is 0 Å². The number of alkyl halides is 3. The van der Waals surface area contributed by atoms with Crippen molar-refractivity contribution >= 4 is 5.97 Å². The lowest BCUT2D eigenvalue weighted by Crippen LogP contribution is -2.13. The molecule has 0 aromatic heterocycles. The molecule has 0 spiro atoms. The van der Waals surface area contributed by atoms with E-state index in [1.54, 1.807) is 12.1 Å². The van der Waals surface area contributed by atoms with E-state index in [0.717, 1.165) is 18.4 Å². The molecule has 0 amide bonds. The summed E-state index contributed by atoms with van der Waals surface area (Å²) in [6.07, 6.45) is -2.71. The van der Waals surface area contributed by atoms with Crippen molar-refractivity contribution in [1.82, 2.24) is 0 Å². The lowest BCUT2D eigenvalue weighted by molar-refractivity contribution is -0.330. The minimum atomic E-state index is -4.67. The summed E-state index contributed by atoms with van der Waals surface area (Å²) in [4.78, 5) is 12.0. The van der Waals surface area contributed by atoms with Crippen LogP contribution in [0.1, 0.15) is 34.8 Å². The molecule has 0 saturated heterocycles. The lowest BCUT2D eigenvalue weighted by atomic mass is 10.1. The Morgan fingerprint density at radius 2 is 1.54 bits per heavy atom. The molecule has 3 nitrogen and oxygen atoms in total. The Bertz CT molecular complexity index is 661. The Morgan fingerprint density at radius 1 is 0.958 bits per heavy atom. The van der Waals surface area contributed by atoms with Gasteiger partial charge < -0.3 is 4.74 Å². The fourth-order valence-corrected chi connectivity index (χ4v) is 2.08. The summed E-state index contributed by atoms with van der Waals surface area (Å²) in [5, 5.41) is 0. The molecule has 128 valence electrons. The Kier molecular flexibility index (Phi) is 5.98. The van der Waals surface area contributed by atoms with Crippen molar-refractivity contribution in [3.8, 4) is 5.75 Å². The predicted molar refractivity (Wildman–Crippen MR) is 82.7 cm³/mol. The number of carbonyl (C=O) groups is 1. The van der Waals surface area contributed by atoms with Crippen LogP contribution in [-0.4, -0.2) is 12.3 Å². The second-order valence-electron chi connectivity index (χ2n) is 5.21. The number of halogens is 3. The molecule has 0 heterocycles. The SMILES string of the molecule is CCCc1ccc(C(=O)Oc2ccc(COC(F)(F)F)cc2)cc1. The van der Waals surface area contributed by atoms with Gasteiger partial charge in [-0.25, -0.2) is 4.79 Å². The zero-order valence-corrected chi connectivity index (χ0v) is 13.1. The van der Waals surface area contributed by atoms with Crippen molar-refractivity contribution in [2.45, 2.75) is 32.7 Å².